The smallest absolute Gasteiger partial charge is 0.379 e. The van der Waals surface area contributed by atoms with Crippen molar-refractivity contribution in [3.05, 3.63) is 59.2 Å². The van der Waals surface area contributed by atoms with Gasteiger partial charge in [-0.3, -0.25) is 5.10 Å². The van der Waals surface area contributed by atoms with Gasteiger partial charge < -0.3 is 10.5 Å². The Morgan fingerprint density at radius 2 is 1.79 bits per heavy atom. The number of H-pyrrole nitrogens is 1. The highest BCUT2D eigenvalue weighted by molar-refractivity contribution is 7.89. The van der Waals surface area contributed by atoms with Gasteiger partial charge in [0.05, 0.1) is 23.7 Å². The van der Waals surface area contributed by atoms with Gasteiger partial charge in [0.15, 0.2) is 0 Å². The molecule has 1 saturated heterocycles. The van der Waals surface area contributed by atoms with Gasteiger partial charge in [-0.25, -0.2) is 12.8 Å². The predicted molar refractivity (Wildman–Crippen MR) is 110 cm³/mol. The van der Waals surface area contributed by atoms with E-state index >= 15 is 0 Å². The Labute approximate surface area is 186 Å². The summed E-state index contributed by atoms with van der Waals surface area (Å²) in [4.78, 5) is 3.72. The maximum Gasteiger partial charge on any atom is 0.417 e. The Kier molecular flexibility index (Phi) is 6.12. The Bertz CT molecular complexity index is 1250. The monoisotopic (exact) mass is 485 g/mol. The number of hydrogen-bond donors (Lipinski definition) is 2. The average Bonchev–Trinajstić information content (AvgIpc) is 3.18. The number of benzene rings is 2. The van der Waals surface area contributed by atoms with E-state index in [0.29, 0.717) is 0 Å². The molecule has 3 N–H and O–H groups in total. The third-order valence-electron chi connectivity index (χ3n) is 5.13. The zero-order valence-electron chi connectivity index (χ0n) is 17.1. The minimum atomic E-state index is -4.86. The van der Waals surface area contributed by atoms with Crippen molar-refractivity contribution >= 4 is 16.0 Å². The summed E-state index contributed by atoms with van der Waals surface area (Å²) < 4.78 is 88.2. The molecular weight excluding hydrogens is 466 g/mol. The summed E-state index contributed by atoms with van der Waals surface area (Å²) in [7, 11) is -3.84. The summed E-state index contributed by atoms with van der Waals surface area (Å²) in [5.41, 5.74) is 3.46. The number of nitrogens with two attached hydrogens (primary N) is 1. The first-order valence-corrected chi connectivity index (χ1v) is 11.2. The first kappa shape index (κ1) is 23.1. The van der Waals surface area contributed by atoms with Crippen molar-refractivity contribution in [3.8, 4) is 11.1 Å². The van der Waals surface area contributed by atoms with Crippen LogP contribution in [0.1, 0.15) is 17.0 Å². The number of alkyl halides is 3. The van der Waals surface area contributed by atoms with Gasteiger partial charge in [0.1, 0.15) is 11.6 Å². The summed E-state index contributed by atoms with van der Waals surface area (Å²) in [5, 5.41) is 6.07. The van der Waals surface area contributed by atoms with Crippen molar-refractivity contribution in [1.82, 2.24) is 19.5 Å². The molecule has 1 aliphatic rings. The number of nitrogen functional groups attached to an aromatic ring is 1. The maximum absolute atomic E-state index is 14.9. The number of nitrogens with zero attached hydrogens (tertiary/aromatic N) is 3. The van der Waals surface area contributed by atoms with Crippen LogP contribution in [0.5, 0.6) is 0 Å². The van der Waals surface area contributed by atoms with Crippen molar-refractivity contribution in [3.63, 3.8) is 0 Å². The first-order valence-electron chi connectivity index (χ1n) is 9.80. The first-order chi connectivity index (χ1) is 15.6. The molecule has 0 spiro atoms. The molecule has 3 aromatic rings. The highest BCUT2D eigenvalue weighted by Gasteiger charge is 2.36. The predicted octanol–water partition coefficient (Wildman–Crippen LogP) is 2.82. The van der Waals surface area contributed by atoms with Gasteiger partial charge in [-0.15, -0.1) is 5.10 Å². The standard InChI is InChI=1S/C20H19F4N5O3S/c21-16-10-12(11-17-26-19(25)28-27-17)9-15(20(22,23)24)18(16)13-1-3-14(4-2-13)33(30,31)29-5-7-32-8-6-29/h1-4,9-10H,5-8,11H2,(H3,25,26,27,28). The van der Waals surface area contributed by atoms with Gasteiger partial charge in [-0.1, -0.05) is 12.1 Å². The third-order valence-corrected chi connectivity index (χ3v) is 7.04. The highest BCUT2D eigenvalue weighted by atomic mass is 32.2. The van der Waals surface area contributed by atoms with E-state index in [9.17, 15) is 26.0 Å². The van der Waals surface area contributed by atoms with Crippen LogP contribution in [0, 0.1) is 5.82 Å². The molecule has 1 aromatic heterocycles. The normalized spacial score (nSPS) is 15.6. The number of ether oxygens (including phenoxy) is 1. The van der Waals surface area contributed by atoms with Crippen LogP contribution in [-0.4, -0.2) is 54.2 Å². The van der Waals surface area contributed by atoms with Gasteiger partial charge in [0, 0.05) is 25.1 Å². The number of anilines is 1. The fourth-order valence-corrected chi connectivity index (χ4v) is 5.00. The van der Waals surface area contributed by atoms with Crippen LogP contribution in [0.2, 0.25) is 0 Å². The third kappa shape index (κ3) is 4.84. The molecule has 1 fully saturated rings. The van der Waals surface area contributed by atoms with Gasteiger partial charge in [0.2, 0.25) is 16.0 Å². The highest BCUT2D eigenvalue weighted by Crippen LogP contribution is 2.40. The van der Waals surface area contributed by atoms with E-state index in [0.717, 1.165) is 24.3 Å². The lowest BCUT2D eigenvalue weighted by molar-refractivity contribution is -0.137. The van der Waals surface area contributed by atoms with Crippen LogP contribution in [0.15, 0.2) is 41.3 Å². The van der Waals surface area contributed by atoms with Crippen LogP contribution in [-0.2, 0) is 27.4 Å². The largest absolute Gasteiger partial charge is 0.417 e. The molecule has 4 rings (SSSR count). The summed E-state index contributed by atoms with van der Waals surface area (Å²) in [6.45, 7) is 0.861. The number of aromatic amines is 1. The number of hydrogen-bond acceptors (Lipinski definition) is 6. The minimum absolute atomic E-state index is 0.0197. The van der Waals surface area contributed by atoms with Crippen molar-refractivity contribution in [2.24, 2.45) is 0 Å². The van der Waals surface area contributed by atoms with E-state index in [1.54, 1.807) is 0 Å². The summed E-state index contributed by atoms with van der Waals surface area (Å²) in [6, 6.07) is 6.47. The Balaban J connectivity index is 1.70. The molecule has 0 amide bonds. The molecule has 0 bridgehead atoms. The molecule has 0 unspecified atom stereocenters. The summed E-state index contributed by atoms with van der Waals surface area (Å²) in [5.74, 6) is -0.994. The number of halogens is 4. The van der Waals surface area contributed by atoms with Crippen molar-refractivity contribution in [1.29, 1.82) is 0 Å². The molecule has 176 valence electrons. The second-order valence-corrected chi connectivity index (χ2v) is 9.29. The topological polar surface area (TPSA) is 114 Å². The number of rotatable bonds is 5. The van der Waals surface area contributed by atoms with Crippen LogP contribution in [0.25, 0.3) is 11.1 Å². The van der Waals surface area contributed by atoms with Gasteiger partial charge in [0.25, 0.3) is 0 Å². The molecule has 0 aliphatic carbocycles. The Morgan fingerprint density at radius 3 is 2.36 bits per heavy atom. The van der Waals surface area contributed by atoms with Crippen molar-refractivity contribution < 1.29 is 30.7 Å². The number of nitrogens with one attached hydrogen (secondary N) is 1. The maximum atomic E-state index is 14.9. The fourth-order valence-electron chi connectivity index (χ4n) is 3.59. The molecule has 0 saturated carbocycles. The molecule has 2 aromatic carbocycles. The van der Waals surface area contributed by atoms with E-state index in [2.05, 4.69) is 15.2 Å². The molecule has 33 heavy (non-hydrogen) atoms. The van der Waals surface area contributed by atoms with E-state index in [-0.39, 0.29) is 60.5 Å². The number of morpholine rings is 1. The van der Waals surface area contributed by atoms with E-state index in [4.69, 9.17) is 10.5 Å². The van der Waals surface area contributed by atoms with Gasteiger partial charge in [-0.2, -0.15) is 22.5 Å². The lowest BCUT2D eigenvalue weighted by atomic mass is 9.95. The fraction of sp³-hybridized carbons (Fsp3) is 0.300. The Morgan fingerprint density at radius 1 is 1.12 bits per heavy atom. The van der Waals surface area contributed by atoms with Crippen molar-refractivity contribution in [2.75, 3.05) is 32.0 Å². The molecular formula is C20H19F4N5O3S. The van der Waals surface area contributed by atoms with Gasteiger partial charge in [-0.05, 0) is 35.4 Å². The zero-order valence-corrected chi connectivity index (χ0v) is 17.9. The second-order valence-electron chi connectivity index (χ2n) is 7.36. The zero-order chi connectivity index (χ0) is 23.8. The summed E-state index contributed by atoms with van der Waals surface area (Å²) in [6.07, 6.45) is -4.99. The van der Waals surface area contributed by atoms with Crippen LogP contribution < -0.4 is 5.73 Å². The molecule has 13 heteroatoms. The molecule has 2 heterocycles. The van der Waals surface area contributed by atoms with Gasteiger partial charge >= 0.3 is 6.18 Å². The Hall–Kier alpha value is -3.03. The van der Waals surface area contributed by atoms with Crippen LogP contribution in [0.4, 0.5) is 23.5 Å². The summed E-state index contributed by atoms with van der Waals surface area (Å²) >= 11 is 0. The lowest BCUT2D eigenvalue weighted by Crippen LogP contribution is -2.40. The van der Waals surface area contributed by atoms with Crippen LogP contribution >= 0.6 is 0 Å². The molecule has 8 nitrogen and oxygen atoms in total. The van der Waals surface area contributed by atoms with Crippen LogP contribution in [0.3, 0.4) is 0 Å². The quantitative estimate of drug-likeness (QED) is 0.538. The number of sulfonamides is 1. The van der Waals surface area contributed by atoms with E-state index in [1.165, 1.54) is 16.4 Å². The molecule has 0 atom stereocenters. The molecule has 0 radical (unpaired) electrons. The lowest BCUT2D eigenvalue weighted by Gasteiger charge is -2.26. The average molecular weight is 485 g/mol. The second kappa shape index (κ2) is 8.72. The minimum Gasteiger partial charge on any atom is -0.379 e. The molecule has 1 aliphatic heterocycles. The number of aromatic nitrogens is 3. The SMILES string of the molecule is Nc1n[nH]c(Cc2cc(F)c(-c3ccc(S(=O)(=O)N4CCOCC4)cc3)c(C(F)(F)F)c2)n1. The van der Waals surface area contributed by atoms with Crippen molar-refractivity contribution in [2.45, 2.75) is 17.5 Å². The van der Waals surface area contributed by atoms with E-state index < -0.39 is 33.1 Å². The van der Waals surface area contributed by atoms with E-state index in [1.807, 2.05) is 0 Å².